The molecule has 7 nitrogen and oxygen atoms in total. The summed E-state index contributed by atoms with van der Waals surface area (Å²) in [6, 6.07) is 15.8. The van der Waals surface area contributed by atoms with Crippen LogP contribution in [0.1, 0.15) is 32.1 Å². The first-order valence-corrected chi connectivity index (χ1v) is 10.4. The third-order valence-corrected chi connectivity index (χ3v) is 5.57. The largest absolute Gasteiger partial charge is 0.292 e. The van der Waals surface area contributed by atoms with Gasteiger partial charge < -0.3 is 0 Å². The Hall–Kier alpha value is -3.52. The lowest BCUT2D eigenvalue weighted by atomic mass is 10.1. The van der Waals surface area contributed by atoms with Crippen LogP contribution in [0.15, 0.2) is 70.2 Å². The van der Waals surface area contributed by atoms with Crippen molar-refractivity contribution in [3.8, 4) is 0 Å². The highest BCUT2D eigenvalue weighted by molar-refractivity contribution is 9.10. The molecule has 2 aromatic carbocycles. The molecular formula is C23H19BrN4O3. The van der Waals surface area contributed by atoms with E-state index in [0.717, 1.165) is 4.47 Å². The molecule has 2 heterocycles. The van der Waals surface area contributed by atoms with E-state index < -0.39 is 0 Å². The van der Waals surface area contributed by atoms with Crippen molar-refractivity contribution in [2.24, 2.45) is 0 Å². The number of nitrogens with zero attached hydrogens (tertiary/aromatic N) is 3. The minimum absolute atomic E-state index is 0.148. The van der Waals surface area contributed by atoms with Crippen molar-refractivity contribution in [1.29, 1.82) is 0 Å². The average molecular weight is 479 g/mol. The molecule has 0 atom stereocenters. The molecule has 0 saturated carbocycles. The van der Waals surface area contributed by atoms with Crippen LogP contribution in [0.2, 0.25) is 0 Å². The highest BCUT2D eigenvalue weighted by Gasteiger charge is 2.19. The van der Waals surface area contributed by atoms with Gasteiger partial charge in [-0.2, -0.15) is 0 Å². The van der Waals surface area contributed by atoms with Gasteiger partial charge in [-0.15, -0.1) is 0 Å². The van der Waals surface area contributed by atoms with Crippen LogP contribution in [0.4, 0.5) is 0 Å². The van der Waals surface area contributed by atoms with E-state index >= 15 is 0 Å². The number of aryl methyl sites for hydroxylation is 1. The zero-order chi connectivity index (χ0) is 22.1. The van der Waals surface area contributed by atoms with Crippen molar-refractivity contribution in [3.63, 3.8) is 0 Å². The van der Waals surface area contributed by atoms with Crippen molar-refractivity contribution in [2.45, 2.75) is 20.4 Å². The molecule has 0 spiro atoms. The number of fused-ring (bicyclic) bond motifs is 1. The predicted molar refractivity (Wildman–Crippen MR) is 122 cm³/mol. The van der Waals surface area contributed by atoms with Crippen molar-refractivity contribution in [1.82, 2.24) is 14.2 Å². The maximum absolute atomic E-state index is 13.0. The summed E-state index contributed by atoms with van der Waals surface area (Å²) in [5.74, 6) is -0.520. The first kappa shape index (κ1) is 20.7. The van der Waals surface area contributed by atoms with Crippen molar-refractivity contribution in [3.05, 3.63) is 98.3 Å². The second-order valence-electron chi connectivity index (χ2n) is 7.19. The topological polar surface area (TPSA) is 86.0 Å². The van der Waals surface area contributed by atoms with Gasteiger partial charge in [0.1, 0.15) is 0 Å². The molecule has 0 bridgehead atoms. The van der Waals surface area contributed by atoms with Gasteiger partial charge in [0.05, 0.1) is 23.8 Å². The van der Waals surface area contributed by atoms with E-state index in [1.807, 2.05) is 12.1 Å². The fourth-order valence-electron chi connectivity index (χ4n) is 3.46. The Morgan fingerprint density at radius 3 is 2.55 bits per heavy atom. The fourth-order valence-corrected chi connectivity index (χ4v) is 3.82. The Labute approximate surface area is 186 Å². The number of rotatable bonds is 5. The Morgan fingerprint density at radius 1 is 1.06 bits per heavy atom. The third kappa shape index (κ3) is 4.06. The second-order valence-corrected chi connectivity index (χ2v) is 8.11. The summed E-state index contributed by atoms with van der Waals surface area (Å²) < 4.78 is 3.65. The summed E-state index contributed by atoms with van der Waals surface area (Å²) in [6.07, 6.45) is 1.38. The lowest BCUT2D eigenvalue weighted by Crippen LogP contribution is -2.26. The zero-order valence-corrected chi connectivity index (χ0v) is 18.5. The summed E-state index contributed by atoms with van der Waals surface area (Å²) in [6.45, 7) is 3.41. The molecule has 1 amide bonds. The minimum atomic E-state index is -0.286. The van der Waals surface area contributed by atoms with E-state index in [-0.39, 0.29) is 23.8 Å². The average Bonchev–Trinajstić information content (AvgIpc) is 3.05. The fraction of sp³-hybridized carbons (Fsp3) is 0.130. The van der Waals surface area contributed by atoms with Gasteiger partial charge in [0.25, 0.3) is 11.5 Å². The van der Waals surface area contributed by atoms with Crippen LogP contribution in [-0.2, 0) is 6.54 Å². The highest BCUT2D eigenvalue weighted by atomic mass is 79.9. The molecule has 156 valence electrons. The first-order chi connectivity index (χ1) is 14.8. The molecule has 0 saturated heterocycles. The van der Waals surface area contributed by atoms with Gasteiger partial charge >= 0.3 is 0 Å². The number of halogens is 1. The minimum Gasteiger partial charge on any atom is -0.292 e. The van der Waals surface area contributed by atoms with E-state index in [2.05, 4.69) is 26.3 Å². The molecule has 0 unspecified atom stereocenters. The van der Waals surface area contributed by atoms with Gasteiger partial charge in [0, 0.05) is 27.0 Å². The molecule has 0 aliphatic rings. The summed E-state index contributed by atoms with van der Waals surface area (Å²) >= 11 is 3.36. The quantitative estimate of drug-likeness (QED) is 0.441. The SMILES string of the molecule is Cc1cc(C(=O)Cn2cnc3ccc(Br)cc3c2=O)c(C)n1NC(=O)c1ccccc1. The number of hydrogen-bond donors (Lipinski definition) is 1. The first-order valence-electron chi connectivity index (χ1n) is 9.58. The van der Waals surface area contributed by atoms with Gasteiger partial charge in [0.15, 0.2) is 5.78 Å². The van der Waals surface area contributed by atoms with Gasteiger partial charge in [-0.05, 0) is 50.2 Å². The molecule has 4 rings (SSSR count). The van der Waals surface area contributed by atoms with Crippen LogP contribution in [0.5, 0.6) is 0 Å². The Kier molecular flexibility index (Phi) is 5.56. The zero-order valence-electron chi connectivity index (χ0n) is 16.9. The van der Waals surface area contributed by atoms with Crippen LogP contribution in [0.25, 0.3) is 10.9 Å². The Morgan fingerprint density at radius 2 is 1.81 bits per heavy atom. The van der Waals surface area contributed by atoms with Crippen molar-refractivity contribution < 1.29 is 9.59 Å². The molecular weight excluding hydrogens is 460 g/mol. The van der Waals surface area contributed by atoms with Gasteiger partial charge in [-0.3, -0.25) is 29.1 Å². The van der Waals surface area contributed by atoms with Crippen LogP contribution >= 0.6 is 15.9 Å². The number of nitrogens with one attached hydrogen (secondary N) is 1. The Bertz CT molecular complexity index is 1370. The second kappa shape index (κ2) is 8.31. The number of benzene rings is 2. The number of amides is 1. The van der Waals surface area contributed by atoms with Crippen LogP contribution in [-0.4, -0.2) is 25.9 Å². The maximum atomic E-state index is 13.0. The lowest BCUT2D eigenvalue weighted by molar-refractivity contribution is 0.0966. The molecule has 8 heteroatoms. The molecule has 0 radical (unpaired) electrons. The van der Waals surface area contributed by atoms with E-state index in [1.54, 1.807) is 61.0 Å². The number of hydrogen-bond acceptors (Lipinski definition) is 4. The van der Waals surface area contributed by atoms with Crippen molar-refractivity contribution >= 4 is 38.5 Å². The number of Topliss-reactive ketones (excluding diaryl/α,β-unsaturated/α-hetero) is 1. The van der Waals surface area contributed by atoms with E-state index in [1.165, 1.54) is 10.9 Å². The normalized spacial score (nSPS) is 10.9. The van der Waals surface area contributed by atoms with E-state index in [9.17, 15) is 14.4 Å². The molecule has 0 aliphatic heterocycles. The number of carbonyl (C=O) groups is 2. The molecule has 4 aromatic rings. The maximum Gasteiger partial charge on any atom is 0.270 e. The predicted octanol–water partition coefficient (Wildman–Crippen LogP) is 3.84. The van der Waals surface area contributed by atoms with Gasteiger partial charge in [-0.25, -0.2) is 4.98 Å². The monoisotopic (exact) mass is 478 g/mol. The lowest BCUT2D eigenvalue weighted by Gasteiger charge is -2.12. The van der Waals surface area contributed by atoms with Crippen LogP contribution in [0.3, 0.4) is 0 Å². The number of ketones is 1. The molecule has 2 aromatic heterocycles. The van der Waals surface area contributed by atoms with Crippen LogP contribution in [0, 0.1) is 13.8 Å². The van der Waals surface area contributed by atoms with Gasteiger partial charge in [0.2, 0.25) is 0 Å². The van der Waals surface area contributed by atoms with E-state index in [0.29, 0.717) is 33.4 Å². The summed E-state index contributed by atoms with van der Waals surface area (Å²) in [5, 5.41) is 0.435. The molecule has 0 fully saturated rings. The molecule has 1 N–H and O–H groups in total. The van der Waals surface area contributed by atoms with Gasteiger partial charge in [-0.1, -0.05) is 34.1 Å². The molecule has 0 aliphatic carbocycles. The van der Waals surface area contributed by atoms with Crippen LogP contribution < -0.4 is 11.0 Å². The standard InChI is InChI=1S/C23H19BrN4O3/c1-14-10-18(15(2)28(14)26-22(30)16-6-4-3-5-7-16)21(29)12-27-13-25-20-9-8-17(24)11-19(20)23(27)31/h3-11,13H,12H2,1-2H3,(H,26,30). The van der Waals surface area contributed by atoms with E-state index in [4.69, 9.17) is 0 Å². The third-order valence-electron chi connectivity index (χ3n) is 5.08. The number of carbonyl (C=O) groups excluding carboxylic acids is 2. The Balaban J connectivity index is 1.61. The highest BCUT2D eigenvalue weighted by Crippen LogP contribution is 2.17. The summed E-state index contributed by atoms with van der Waals surface area (Å²) in [4.78, 5) is 42.6. The van der Waals surface area contributed by atoms with Crippen molar-refractivity contribution in [2.75, 3.05) is 5.43 Å². The number of aromatic nitrogens is 3. The molecule has 31 heavy (non-hydrogen) atoms. The smallest absolute Gasteiger partial charge is 0.270 e. The summed E-state index contributed by atoms with van der Waals surface area (Å²) in [7, 11) is 0. The summed E-state index contributed by atoms with van der Waals surface area (Å²) in [5.41, 5.74) is 5.35.